The van der Waals surface area contributed by atoms with Crippen LogP contribution < -0.4 is 4.74 Å². The number of Topliss-reactive ketones (excluding diaryl/α,β-unsaturated/α-hetero) is 1. The van der Waals surface area contributed by atoms with Crippen molar-refractivity contribution < 1.29 is 9.53 Å². The van der Waals surface area contributed by atoms with Gasteiger partial charge in [-0.25, -0.2) is 0 Å². The second-order valence-corrected chi connectivity index (χ2v) is 9.15. The summed E-state index contributed by atoms with van der Waals surface area (Å²) in [5.74, 6) is 2.01. The quantitative estimate of drug-likeness (QED) is 0.543. The SMILES string of the molecule is COc1ccc(C)cc1-n1c(SCC(=O)C(C)(C)C)nnc1-c1cccs1. The first-order valence-corrected chi connectivity index (χ1v) is 10.5. The molecule has 0 N–H and O–H groups in total. The molecule has 0 fully saturated rings. The summed E-state index contributed by atoms with van der Waals surface area (Å²) in [7, 11) is 1.65. The van der Waals surface area contributed by atoms with Gasteiger partial charge in [-0.2, -0.15) is 0 Å². The van der Waals surface area contributed by atoms with E-state index in [9.17, 15) is 4.79 Å². The van der Waals surface area contributed by atoms with Gasteiger partial charge in [-0.15, -0.1) is 21.5 Å². The highest BCUT2D eigenvalue weighted by Crippen LogP contribution is 2.35. The van der Waals surface area contributed by atoms with Crippen molar-refractivity contribution in [2.75, 3.05) is 12.9 Å². The standard InChI is InChI=1S/C20H23N3O2S2/c1-13-8-9-15(25-5)14(11-13)23-18(16-7-6-10-26-16)21-22-19(23)27-12-17(24)20(2,3)4/h6-11H,12H2,1-5H3. The summed E-state index contributed by atoms with van der Waals surface area (Å²) in [6, 6.07) is 10.0. The Morgan fingerprint density at radius 1 is 1.26 bits per heavy atom. The summed E-state index contributed by atoms with van der Waals surface area (Å²) in [5.41, 5.74) is 1.60. The predicted octanol–water partition coefficient (Wildman–Crippen LogP) is 5.02. The number of ether oxygens (including phenoxy) is 1. The molecule has 0 unspecified atom stereocenters. The van der Waals surface area contributed by atoms with E-state index in [0.717, 1.165) is 27.7 Å². The van der Waals surface area contributed by atoms with Crippen LogP contribution in [0.3, 0.4) is 0 Å². The normalized spacial score (nSPS) is 11.6. The maximum atomic E-state index is 12.4. The fourth-order valence-corrected chi connectivity index (χ4v) is 4.27. The van der Waals surface area contributed by atoms with Gasteiger partial charge in [0.1, 0.15) is 11.5 Å². The minimum Gasteiger partial charge on any atom is -0.495 e. The number of carbonyl (C=O) groups excluding carboxylic acids is 1. The lowest BCUT2D eigenvalue weighted by atomic mass is 9.92. The molecule has 0 atom stereocenters. The van der Waals surface area contributed by atoms with Gasteiger partial charge in [-0.3, -0.25) is 9.36 Å². The van der Waals surface area contributed by atoms with E-state index in [1.54, 1.807) is 18.4 Å². The third-order valence-corrected chi connectivity index (χ3v) is 5.91. The number of rotatable bonds is 6. The number of nitrogens with zero attached hydrogens (tertiary/aromatic N) is 3. The molecule has 5 nitrogen and oxygen atoms in total. The lowest BCUT2D eigenvalue weighted by Gasteiger charge is -2.17. The zero-order valence-corrected chi connectivity index (χ0v) is 17.8. The Morgan fingerprint density at radius 2 is 2.04 bits per heavy atom. The molecular weight excluding hydrogens is 378 g/mol. The number of benzene rings is 1. The van der Waals surface area contributed by atoms with Gasteiger partial charge in [0.15, 0.2) is 11.0 Å². The highest BCUT2D eigenvalue weighted by Gasteiger charge is 2.24. The van der Waals surface area contributed by atoms with Crippen molar-refractivity contribution in [3.63, 3.8) is 0 Å². The van der Waals surface area contributed by atoms with E-state index in [1.807, 2.05) is 61.9 Å². The highest BCUT2D eigenvalue weighted by atomic mass is 32.2. The molecule has 142 valence electrons. The van der Waals surface area contributed by atoms with Crippen LogP contribution in [-0.4, -0.2) is 33.4 Å². The predicted molar refractivity (Wildman–Crippen MR) is 111 cm³/mol. The van der Waals surface area contributed by atoms with Crippen LogP contribution in [0.2, 0.25) is 0 Å². The first kappa shape index (κ1) is 19.6. The van der Waals surface area contributed by atoms with Gasteiger partial charge >= 0.3 is 0 Å². The molecule has 0 saturated heterocycles. The number of hydrogen-bond donors (Lipinski definition) is 0. The lowest BCUT2D eigenvalue weighted by Crippen LogP contribution is -2.22. The molecular formula is C20H23N3O2S2. The van der Waals surface area contributed by atoms with E-state index in [2.05, 4.69) is 16.3 Å². The summed E-state index contributed by atoms with van der Waals surface area (Å²) in [5, 5.41) is 11.5. The van der Waals surface area contributed by atoms with Gasteiger partial charge in [-0.05, 0) is 36.1 Å². The van der Waals surface area contributed by atoms with E-state index < -0.39 is 0 Å². The van der Waals surface area contributed by atoms with Gasteiger partial charge in [0.05, 0.1) is 23.4 Å². The molecule has 0 saturated carbocycles. The first-order chi connectivity index (χ1) is 12.8. The second-order valence-electron chi connectivity index (χ2n) is 7.26. The molecule has 3 aromatic rings. The molecule has 1 aromatic carbocycles. The van der Waals surface area contributed by atoms with Crippen LogP contribution in [0.25, 0.3) is 16.4 Å². The summed E-state index contributed by atoms with van der Waals surface area (Å²) < 4.78 is 7.57. The summed E-state index contributed by atoms with van der Waals surface area (Å²) >= 11 is 3.01. The van der Waals surface area contributed by atoms with E-state index in [-0.39, 0.29) is 11.2 Å². The Hall–Kier alpha value is -2.12. The van der Waals surface area contributed by atoms with Crippen LogP contribution in [0.1, 0.15) is 26.3 Å². The molecule has 2 heterocycles. The zero-order chi connectivity index (χ0) is 19.6. The van der Waals surface area contributed by atoms with Crippen LogP contribution in [0.15, 0.2) is 40.9 Å². The van der Waals surface area contributed by atoms with Gasteiger partial charge in [0.25, 0.3) is 0 Å². The molecule has 0 bridgehead atoms. The minimum absolute atomic E-state index is 0.177. The molecule has 7 heteroatoms. The van der Waals surface area contributed by atoms with Gasteiger partial charge in [0.2, 0.25) is 0 Å². The molecule has 0 spiro atoms. The summed E-state index contributed by atoms with van der Waals surface area (Å²) in [4.78, 5) is 13.4. The van der Waals surface area contributed by atoms with Crippen molar-refractivity contribution in [2.24, 2.45) is 5.41 Å². The summed E-state index contributed by atoms with van der Waals surface area (Å²) in [6.07, 6.45) is 0. The Kier molecular flexibility index (Phi) is 5.72. The van der Waals surface area contributed by atoms with Crippen LogP contribution in [-0.2, 0) is 4.79 Å². The van der Waals surface area contributed by atoms with E-state index >= 15 is 0 Å². The molecule has 3 rings (SSSR count). The average molecular weight is 402 g/mol. The van der Waals surface area contributed by atoms with Crippen LogP contribution in [0.5, 0.6) is 5.75 Å². The maximum absolute atomic E-state index is 12.4. The lowest BCUT2D eigenvalue weighted by molar-refractivity contribution is -0.123. The number of thioether (sulfide) groups is 1. The van der Waals surface area contributed by atoms with E-state index in [1.165, 1.54) is 11.8 Å². The molecule has 0 radical (unpaired) electrons. The van der Waals surface area contributed by atoms with E-state index in [0.29, 0.717) is 10.9 Å². The van der Waals surface area contributed by atoms with Crippen molar-refractivity contribution in [3.05, 3.63) is 41.3 Å². The Balaban J connectivity index is 2.08. The largest absolute Gasteiger partial charge is 0.495 e. The van der Waals surface area contributed by atoms with Crippen molar-refractivity contribution in [1.82, 2.24) is 14.8 Å². The third kappa shape index (κ3) is 4.25. The summed E-state index contributed by atoms with van der Waals surface area (Å²) in [6.45, 7) is 7.83. The number of ketones is 1. The molecule has 0 aliphatic rings. The number of thiophene rings is 1. The fraction of sp³-hybridized carbons (Fsp3) is 0.350. The molecule has 27 heavy (non-hydrogen) atoms. The van der Waals surface area contributed by atoms with Crippen molar-refractivity contribution in [1.29, 1.82) is 0 Å². The molecule has 2 aromatic heterocycles. The smallest absolute Gasteiger partial charge is 0.196 e. The van der Waals surface area contributed by atoms with Gasteiger partial charge in [0, 0.05) is 5.41 Å². The van der Waals surface area contributed by atoms with Crippen molar-refractivity contribution >= 4 is 28.9 Å². The number of hydrogen-bond acceptors (Lipinski definition) is 6. The molecule has 0 aliphatic carbocycles. The maximum Gasteiger partial charge on any atom is 0.196 e. The Labute approximate surface area is 167 Å². The number of aromatic nitrogens is 3. The van der Waals surface area contributed by atoms with Crippen molar-refractivity contribution in [3.8, 4) is 22.1 Å². The second kappa shape index (κ2) is 7.86. The molecule has 0 amide bonds. The van der Waals surface area contributed by atoms with Crippen LogP contribution in [0, 0.1) is 12.3 Å². The Bertz CT molecular complexity index is 941. The third-order valence-electron chi connectivity index (χ3n) is 4.12. The number of carbonyl (C=O) groups is 1. The van der Waals surface area contributed by atoms with Crippen molar-refractivity contribution in [2.45, 2.75) is 32.9 Å². The van der Waals surface area contributed by atoms with Crippen LogP contribution in [0.4, 0.5) is 0 Å². The number of aryl methyl sites for hydroxylation is 1. The number of methoxy groups -OCH3 is 1. The van der Waals surface area contributed by atoms with E-state index in [4.69, 9.17) is 4.74 Å². The Morgan fingerprint density at radius 3 is 2.67 bits per heavy atom. The first-order valence-electron chi connectivity index (χ1n) is 8.61. The van der Waals surface area contributed by atoms with Gasteiger partial charge < -0.3 is 4.74 Å². The highest BCUT2D eigenvalue weighted by molar-refractivity contribution is 7.99. The monoisotopic (exact) mass is 401 g/mol. The minimum atomic E-state index is -0.380. The average Bonchev–Trinajstić information content (AvgIpc) is 3.27. The van der Waals surface area contributed by atoms with Gasteiger partial charge in [-0.1, -0.05) is 44.7 Å². The van der Waals surface area contributed by atoms with Crippen LogP contribution >= 0.6 is 23.1 Å². The molecule has 0 aliphatic heterocycles. The zero-order valence-electron chi connectivity index (χ0n) is 16.1. The topological polar surface area (TPSA) is 57.0 Å². The fourth-order valence-electron chi connectivity index (χ4n) is 2.47.